The molecule has 1 heterocycles. The summed E-state index contributed by atoms with van der Waals surface area (Å²) in [6.45, 7) is 2.16. The fraction of sp³-hybridized carbons (Fsp3) is 0.357. The number of nitriles is 1. The standard InChI is InChI=1S/C14H14N2O2S/c1-10(17)19-9-12-6-14(18)16(8-12)13-4-2-3-11(5-13)7-15/h2-5,12H,6,8-9H2,1H3. The highest BCUT2D eigenvalue weighted by atomic mass is 32.2. The van der Waals surface area contributed by atoms with Crippen molar-refractivity contribution in [3.8, 4) is 6.07 Å². The first kappa shape index (κ1) is 13.6. The van der Waals surface area contributed by atoms with Crippen molar-refractivity contribution in [1.29, 1.82) is 5.26 Å². The highest BCUT2D eigenvalue weighted by molar-refractivity contribution is 8.13. The third-order valence-electron chi connectivity index (χ3n) is 3.01. The number of carbonyl (C=O) groups excluding carboxylic acids is 2. The Balaban J connectivity index is 2.07. The molecule has 0 aliphatic carbocycles. The maximum atomic E-state index is 12.0. The molecule has 1 atom stereocenters. The molecule has 2 rings (SSSR count). The predicted molar refractivity (Wildman–Crippen MR) is 74.8 cm³/mol. The summed E-state index contributed by atoms with van der Waals surface area (Å²) in [7, 11) is 0. The van der Waals surface area contributed by atoms with Crippen molar-refractivity contribution in [2.45, 2.75) is 13.3 Å². The Bertz CT molecular complexity index is 551. The Morgan fingerprint density at radius 3 is 3.05 bits per heavy atom. The molecular formula is C14H14N2O2S. The van der Waals surface area contributed by atoms with E-state index in [2.05, 4.69) is 6.07 Å². The van der Waals surface area contributed by atoms with Gasteiger partial charge in [0.1, 0.15) is 0 Å². The van der Waals surface area contributed by atoms with Crippen molar-refractivity contribution < 1.29 is 9.59 Å². The fourth-order valence-corrected chi connectivity index (χ4v) is 2.81. The molecule has 1 saturated heterocycles. The van der Waals surface area contributed by atoms with Gasteiger partial charge in [0.15, 0.2) is 5.12 Å². The van der Waals surface area contributed by atoms with Crippen LogP contribution in [0.1, 0.15) is 18.9 Å². The van der Waals surface area contributed by atoms with Gasteiger partial charge in [0.2, 0.25) is 5.91 Å². The number of anilines is 1. The zero-order valence-electron chi connectivity index (χ0n) is 10.6. The largest absolute Gasteiger partial charge is 0.312 e. The van der Waals surface area contributed by atoms with Crippen LogP contribution in [0, 0.1) is 17.2 Å². The normalized spacial score (nSPS) is 18.4. The number of carbonyl (C=O) groups is 2. The summed E-state index contributed by atoms with van der Waals surface area (Å²) in [5.41, 5.74) is 1.31. The molecule has 0 aromatic heterocycles. The van der Waals surface area contributed by atoms with E-state index in [1.807, 2.05) is 6.07 Å². The molecule has 1 fully saturated rings. The molecular weight excluding hydrogens is 260 g/mol. The van der Waals surface area contributed by atoms with Crippen LogP contribution in [-0.2, 0) is 9.59 Å². The average Bonchev–Trinajstić information content (AvgIpc) is 2.78. The van der Waals surface area contributed by atoms with Gasteiger partial charge in [-0.1, -0.05) is 17.8 Å². The highest BCUT2D eigenvalue weighted by Crippen LogP contribution is 2.27. The van der Waals surface area contributed by atoms with E-state index >= 15 is 0 Å². The second-order valence-electron chi connectivity index (χ2n) is 4.54. The van der Waals surface area contributed by atoms with Gasteiger partial charge in [-0.05, 0) is 24.1 Å². The molecule has 1 aliphatic rings. The smallest absolute Gasteiger partial charge is 0.227 e. The zero-order chi connectivity index (χ0) is 13.8. The topological polar surface area (TPSA) is 61.2 Å². The summed E-state index contributed by atoms with van der Waals surface area (Å²) in [5, 5.41) is 8.95. The monoisotopic (exact) mass is 274 g/mol. The highest BCUT2D eigenvalue weighted by Gasteiger charge is 2.30. The van der Waals surface area contributed by atoms with E-state index in [9.17, 15) is 9.59 Å². The van der Waals surface area contributed by atoms with Crippen LogP contribution in [0.5, 0.6) is 0 Å². The Kier molecular flexibility index (Phi) is 4.23. The van der Waals surface area contributed by atoms with Crippen molar-refractivity contribution in [2.24, 2.45) is 5.92 Å². The molecule has 5 heteroatoms. The first-order valence-electron chi connectivity index (χ1n) is 6.04. The summed E-state index contributed by atoms with van der Waals surface area (Å²) in [5.74, 6) is 0.937. The van der Waals surface area contributed by atoms with Gasteiger partial charge < -0.3 is 4.90 Å². The zero-order valence-corrected chi connectivity index (χ0v) is 11.4. The lowest BCUT2D eigenvalue weighted by molar-refractivity contribution is -0.117. The Morgan fingerprint density at radius 1 is 1.58 bits per heavy atom. The Labute approximate surface area is 116 Å². The van der Waals surface area contributed by atoms with Gasteiger partial charge in [0, 0.05) is 31.3 Å². The van der Waals surface area contributed by atoms with Gasteiger partial charge in [0.25, 0.3) is 0 Å². The van der Waals surface area contributed by atoms with Crippen LogP contribution >= 0.6 is 11.8 Å². The molecule has 1 amide bonds. The summed E-state index contributed by atoms with van der Waals surface area (Å²) < 4.78 is 0. The Hall–Kier alpha value is -1.80. The second-order valence-corrected chi connectivity index (χ2v) is 5.74. The van der Waals surface area contributed by atoms with Crippen LogP contribution in [0.4, 0.5) is 5.69 Å². The Morgan fingerprint density at radius 2 is 2.37 bits per heavy atom. The first-order valence-corrected chi connectivity index (χ1v) is 7.02. The molecule has 0 bridgehead atoms. The van der Waals surface area contributed by atoms with E-state index in [-0.39, 0.29) is 16.9 Å². The lowest BCUT2D eigenvalue weighted by atomic mass is 10.1. The van der Waals surface area contributed by atoms with E-state index in [1.165, 1.54) is 18.7 Å². The summed E-state index contributed by atoms with van der Waals surface area (Å²) in [6, 6.07) is 9.12. The minimum atomic E-state index is 0.0595. The van der Waals surface area contributed by atoms with E-state index in [4.69, 9.17) is 5.26 Å². The predicted octanol–water partition coefficient (Wildman–Crippen LogP) is 2.19. The molecule has 98 valence electrons. The van der Waals surface area contributed by atoms with Crippen LogP contribution in [0.25, 0.3) is 0 Å². The molecule has 1 aromatic carbocycles. The first-order chi connectivity index (χ1) is 9.10. The molecule has 1 unspecified atom stereocenters. The van der Waals surface area contributed by atoms with Crippen LogP contribution in [-0.4, -0.2) is 23.3 Å². The maximum Gasteiger partial charge on any atom is 0.227 e. The number of benzene rings is 1. The van der Waals surface area contributed by atoms with Crippen LogP contribution in [0.15, 0.2) is 24.3 Å². The fourth-order valence-electron chi connectivity index (χ4n) is 2.12. The number of rotatable bonds is 3. The lowest BCUT2D eigenvalue weighted by Crippen LogP contribution is -2.24. The van der Waals surface area contributed by atoms with Gasteiger partial charge >= 0.3 is 0 Å². The number of amides is 1. The third kappa shape index (κ3) is 3.36. The van der Waals surface area contributed by atoms with Crippen molar-refractivity contribution >= 4 is 28.5 Å². The quantitative estimate of drug-likeness (QED) is 0.847. The summed E-state index contributed by atoms with van der Waals surface area (Å²) >= 11 is 1.27. The van der Waals surface area contributed by atoms with Crippen LogP contribution in [0.2, 0.25) is 0 Å². The third-order valence-corrected chi connectivity index (χ3v) is 4.06. The van der Waals surface area contributed by atoms with E-state index in [0.29, 0.717) is 24.3 Å². The van der Waals surface area contributed by atoms with Crippen molar-refractivity contribution in [3.05, 3.63) is 29.8 Å². The van der Waals surface area contributed by atoms with Crippen molar-refractivity contribution in [2.75, 3.05) is 17.2 Å². The minimum absolute atomic E-state index is 0.0595. The van der Waals surface area contributed by atoms with Crippen molar-refractivity contribution in [1.82, 2.24) is 0 Å². The molecule has 1 aromatic rings. The molecule has 4 nitrogen and oxygen atoms in total. The molecule has 0 saturated carbocycles. The SMILES string of the molecule is CC(=O)SCC1CC(=O)N(c2cccc(C#N)c2)C1. The number of thioether (sulfide) groups is 1. The van der Waals surface area contributed by atoms with Gasteiger partial charge in [-0.3, -0.25) is 9.59 Å². The molecule has 0 radical (unpaired) electrons. The van der Waals surface area contributed by atoms with E-state index in [0.717, 1.165) is 5.69 Å². The molecule has 0 N–H and O–H groups in total. The number of nitrogens with zero attached hydrogens (tertiary/aromatic N) is 2. The van der Waals surface area contributed by atoms with Gasteiger partial charge in [-0.15, -0.1) is 0 Å². The number of hydrogen-bond acceptors (Lipinski definition) is 4. The van der Waals surface area contributed by atoms with Crippen molar-refractivity contribution in [3.63, 3.8) is 0 Å². The van der Waals surface area contributed by atoms with Crippen LogP contribution in [0.3, 0.4) is 0 Å². The summed E-state index contributed by atoms with van der Waals surface area (Å²) in [4.78, 5) is 24.6. The van der Waals surface area contributed by atoms with E-state index in [1.54, 1.807) is 23.1 Å². The van der Waals surface area contributed by atoms with Gasteiger partial charge in [0.05, 0.1) is 11.6 Å². The van der Waals surface area contributed by atoms with Gasteiger partial charge in [-0.25, -0.2) is 0 Å². The average molecular weight is 274 g/mol. The van der Waals surface area contributed by atoms with Gasteiger partial charge in [-0.2, -0.15) is 5.26 Å². The van der Waals surface area contributed by atoms with E-state index < -0.39 is 0 Å². The molecule has 1 aliphatic heterocycles. The number of hydrogen-bond donors (Lipinski definition) is 0. The van der Waals surface area contributed by atoms with Crippen LogP contribution < -0.4 is 4.90 Å². The summed E-state index contributed by atoms with van der Waals surface area (Å²) in [6.07, 6.45) is 0.469. The molecule has 19 heavy (non-hydrogen) atoms. The minimum Gasteiger partial charge on any atom is -0.312 e. The second kappa shape index (κ2) is 5.89. The molecule has 0 spiro atoms. The maximum absolute atomic E-state index is 12.0. The lowest BCUT2D eigenvalue weighted by Gasteiger charge is -2.16.